The van der Waals surface area contributed by atoms with Crippen LogP contribution in [-0.2, 0) is 22.7 Å². The highest BCUT2D eigenvalue weighted by molar-refractivity contribution is 7.90. The van der Waals surface area contributed by atoms with E-state index < -0.39 is 14.8 Å². The number of amides is 1. The van der Waals surface area contributed by atoms with E-state index in [9.17, 15) is 23.3 Å². The van der Waals surface area contributed by atoms with Crippen molar-refractivity contribution in [3.8, 4) is 10.4 Å². The largest absolute Gasteiger partial charge is 0.378 e. The Kier molecular flexibility index (Phi) is 5.98. The van der Waals surface area contributed by atoms with Gasteiger partial charge in [-0.15, -0.1) is 11.3 Å². The van der Waals surface area contributed by atoms with Crippen LogP contribution in [0.5, 0.6) is 0 Å². The molecule has 0 aliphatic heterocycles. The van der Waals surface area contributed by atoms with Crippen LogP contribution in [-0.4, -0.2) is 38.6 Å². The summed E-state index contributed by atoms with van der Waals surface area (Å²) >= 11 is 1.47. The van der Waals surface area contributed by atoms with Crippen LogP contribution < -0.4 is 10.6 Å². The van der Waals surface area contributed by atoms with Crippen molar-refractivity contribution in [2.24, 2.45) is 0 Å². The first-order valence-corrected chi connectivity index (χ1v) is 12.7. The molecule has 10 heteroatoms. The highest BCUT2D eigenvalue weighted by Gasteiger charge is 2.21. The molecule has 1 heterocycles. The van der Waals surface area contributed by atoms with E-state index in [-0.39, 0.29) is 35.3 Å². The molecule has 1 aliphatic carbocycles. The SMILES string of the molecule is CS(=O)(=O)c1ccc(NCCNC(=O)c2cc3c(s2)-c2ccccc2CC3)c([N+](=O)[O-])c1. The zero-order chi connectivity index (χ0) is 22.9. The van der Waals surface area contributed by atoms with Gasteiger partial charge in [0.2, 0.25) is 0 Å². The topological polar surface area (TPSA) is 118 Å². The maximum Gasteiger partial charge on any atom is 0.293 e. The van der Waals surface area contributed by atoms with Gasteiger partial charge in [-0.2, -0.15) is 0 Å². The number of anilines is 1. The number of benzene rings is 2. The summed E-state index contributed by atoms with van der Waals surface area (Å²) in [6.07, 6.45) is 2.86. The van der Waals surface area contributed by atoms with Crippen molar-refractivity contribution in [3.05, 3.63) is 74.6 Å². The lowest BCUT2D eigenvalue weighted by Crippen LogP contribution is -2.28. The molecule has 0 unspecified atom stereocenters. The van der Waals surface area contributed by atoms with Crippen molar-refractivity contribution in [2.45, 2.75) is 17.7 Å². The zero-order valence-corrected chi connectivity index (χ0v) is 18.9. The monoisotopic (exact) mass is 471 g/mol. The number of carbonyl (C=O) groups excluding carboxylic acids is 1. The molecule has 1 aromatic heterocycles. The quantitative estimate of drug-likeness (QED) is 0.308. The molecule has 0 saturated heterocycles. The lowest BCUT2D eigenvalue weighted by Gasteiger charge is -2.15. The minimum Gasteiger partial charge on any atom is -0.378 e. The van der Waals surface area contributed by atoms with Crippen LogP contribution in [0.2, 0.25) is 0 Å². The fourth-order valence-electron chi connectivity index (χ4n) is 3.69. The van der Waals surface area contributed by atoms with Gasteiger partial charge in [-0.05, 0) is 47.7 Å². The lowest BCUT2D eigenvalue weighted by atomic mass is 9.91. The Morgan fingerprint density at radius 2 is 1.84 bits per heavy atom. The third-order valence-electron chi connectivity index (χ3n) is 5.28. The van der Waals surface area contributed by atoms with Gasteiger partial charge in [-0.25, -0.2) is 8.42 Å². The molecular weight excluding hydrogens is 450 g/mol. The van der Waals surface area contributed by atoms with Gasteiger partial charge in [0.25, 0.3) is 11.6 Å². The lowest BCUT2D eigenvalue weighted by molar-refractivity contribution is -0.384. The molecule has 3 aromatic rings. The second-order valence-corrected chi connectivity index (χ2v) is 10.6. The predicted octanol–water partition coefficient (Wildman–Crippen LogP) is 3.67. The maximum atomic E-state index is 12.6. The second kappa shape index (κ2) is 8.71. The summed E-state index contributed by atoms with van der Waals surface area (Å²) in [5.74, 6) is -0.189. The normalized spacial score (nSPS) is 12.5. The van der Waals surface area contributed by atoms with Crippen LogP contribution in [0.1, 0.15) is 20.8 Å². The third kappa shape index (κ3) is 4.51. The van der Waals surface area contributed by atoms with Gasteiger partial charge in [0.1, 0.15) is 5.69 Å². The van der Waals surface area contributed by atoms with E-state index in [0.29, 0.717) is 4.88 Å². The van der Waals surface area contributed by atoms with Gasteiger partial charge >= 0.3 is 0 Å². The second-order valence-electron chi connectivity index (χ2n) is 7.51. The molecule has 0 saturated carbocycles. The summed E-state index contributed by atoms with van der Waals surface area (Å²) in [6, 6.07) is 13.9. The number of nitro groups is 1. The van der Waals surface area contributed by atoms with Gasteiger partial charge in [0, 0.05) is 30.3 Å². The molecule has 32 heavy (non-hydrogen) atoms. The van der Waals surface area contributed by atoms with E-state index in [4.69, 9.17) is 0 Å². The maximum absolute atomic E-state index is 12.6. The van der Waals surface area contributed by atoms with E-state index in [1.54, 1.807) is 0 Å². The Balaban J connectivity index is 1.39. The molecule has 8 nitrogen and oxygen atoms in total. The highest BCUT2D eigenvalue weighted by atomic mass is 32.2. The Labute approximate surface area is 189 Å². The van der Waals surface area contributed by atoms with Crippen molar-refractivity contribution in [1.82, 2.24) is 5.32 Å². The number of rotatable bonds is 7. The Bertz CT molecular complexity index is 1310. The van der Waals surface area contributed by atoms with Crippen molar-refractivity contribution in [3.63, 3.8) is 0 Å². The number of sulfone groups is 1. The molecule has 2 N–H and O–H groups in total. The molecular formula is C22H21N3O5S2. The van der Waals surface area contributed by atoms with E-state index in [2.05, 4.69) is 22.8 Å². The minimum absolute atomic E-state index is 0.119. The first-order chi connectivity index (χ1) is 15.2. The van der Waals surface area contributed by atoms with Crippen LogP contribution >= 0.6 is 11.3 Å². The Hall–Kier alpha value is -3.24. The van der Waals surface area contributed by atoms with E-state index in [1.807, 2.05) is 18.2 Å². The molecule has 2 aromatic carbocycles. The van der Waals surface area contributed by atoms with Crippen LogP contribution in [0.3, 0.4) is 0 Å². The predicted molar refractivity (Wildman–Crippen MR) is 124 cm³/mol. The van der Waals surface area contributed by atoms with Crippen molar-refractivity contribution in [2.75, 3.05) is 24.7 Å². The van der Waals surface area contributed by atoms with Crippen molar-refractivity contribution >= 4 is 38.5 Å². The van der Waals surface area contributed by atoms with Gasteiger partial charge in [0.05, 0.1) is 14.7 Å². The number of nitro benzene ring substituents is 1. The average Bonchev–Trinajstić information content (AvgIpc) is 3.21. The summed E-state index contributed by atoms with van der Waals surface area (Å²) in [7, 11) is -3.55. The third-order valence-corrected chi connectivity index (χ3v) is 7.60. The molecule has 0 bridgehead atoms. The molecule has 4 rings (SSSR count). The fourth-order valence-corrected chi connectivity index (χ4v) is 5.51. The number of hydrogen-bond acceptors (Lipinski definition) is 7. The molecule has 166 valence electrons. The standard InChI is InChI=1S/C22H21N3O5S2/c1-32(29,30)16-8-9-18(19(13-16)25(27)28)23-10-11-24-22(26)20-12-15-7-6-14-4-2-3-5-17(14)21(15)31-20/h2-5,8-9,12-13,23H,6-7,10-11H2,1H3,(H,24,26). The van der Waals surface area contributed by atoms with Crippen LogP contribution in [0, 0.1) is 10.1 Å². The first-order valence-electron chi connectivity index (χ1n) is 9.95. The van der Waals surface area contributed by atoms with Crippen LogP contribution in [0.25, 0.3) is 10.4 Å². The number of aryl methyl sites for hydroxylation is 2. The number of hydrogen-bond donors (Lipinski definition) is 2. The first kappa shape index (κ1) is 22.0. The average molecular weight is 472 g/mol. The number of thiophene rings is 1. The van der Waals surface area contributed by atoms with Crippen molar-refractivity contribution in [1.29, 1.82) is 0 Å². The molecule has 0 fully saturated rings. The van der Waals surface area contributed by atoms with Crippen LogP contribution in [0.4, 0.5) is 11.4 Å². The van der Waals surface area contributed by atoms with E-state index in [0.717, 1.165) is 30.0 Å². The number of fused-ring (bicyclic) bond motifs is 3. The van der Waals surface area contributed by atoms with E-state index >= 15 is 0 Å². The van der Waals surface area contributed by atoms with Gasteiger partial charge in [-0.1, -0.05) is 24.3 Å². The molecule has 0 spiro atoms. The summed E-state index contributed by atoms with van der Waals surface area (Å²) in [5.41, 5.74) is 3.52. The van der Waals surface area contributed by atoms with Crippen LogP contribution in [0.15, 0.2) is 53.4 Å². The van der Waals surface area contributed by atoms with Gasteiger partial charge in [0.15, 0.2) is 9.84 Å². The molecule has 0 atom stereocenters. The Morgan fingerprint density at radius 3 is 2.59 bits per heavy atom. The summed E-state index contributed by atoms with van der Waals surface area (Å²) in [6.45, 7) is 0.502. The minimum atomic E-state index is -3.55. The van der Waals surface area contributed by atoms with Crippen molar-refractivity contribution < 1.29 is 18.1 Å². The summed E-state index contributed by atoms with van der Waals surface area (Å²) in [5, 5.41) is 17.0. The number of nitrogens with one attached hydrogen (secondary N) is 2. The smallest absolute Gasteiger partial charge is 0.293 e. The molecule has 1 amide bonds. The fraction of sp³-hybridized carbons (Fsp3) is 0.227. The van der Waals surface area contributed by atoms with Gasteiger partial charge < -0.3 is 10.6 Å². The molecule has 1 aliphatic rings. The summed E-state index contributed by atoms with van der Waals surface area (Å²) < 4.78 is 23.3. The number of carbonyl (C=O) groups is 1. The zero-order valence-electron chi connectivity index (χ0n) is 17.3. The Morgan fingerprint density at radius 1 is 1.09 bits per heavy atom. The van der Waals surface area contributed by atoms with Gasteiger partial charge in [-0.3, -0.25) is 14.9 Å². The highest BCUT2D eigenvalue weighted by Crippen LogP contribution is 2.39. The summed E-state index contributed by atoms with van der Waals surface area (Å²) in [4.78, 5) is 24.9. The number of nitrogens with zero attached hydrogens (tertiary/aromatic N) is 1. The van der Waals surface area contributed by atoms with E-state index in [1.165, 1.54) is 40.2 Å². The molecule has 0 radical (unpaired) electrons.